The Labute approximate surface area is 135 Å². The van der Waals surface area contributed by atoms with Crippen molar-refractivity contribution in [3.05, 3.63) is 28.4 Å². The van der Waals surface area contributed by atoms with Crippen LogP contribution < -0.4 is 0 Å². The lowest BCUT2D eigenvalue weighted by atomic mass is 10.2. The number of nitrogens with zero attached hydrogens (tertiary/aromatic N) is 2. The molecule has 0 aliphatic rings. The number of carbonyl (C=O) groups excluding carboxylic acids is 1. The zero-order chi connectivity index (χ0) is 15.5. The second-order valence-electron chi connectivity index (χ2n) is 4.02. The molecule has 0 aliphatic heterocycles. The van der Waals surface area contributed by atoms with Gasteiger partial charge < -0.3 is 4.74 Å². The SMILES string of the molecule is O=C(Cl)OCCCCCCSSc1ccc([N+](=O)[O-])cn1. The van der Waals surface area contributed by atoms with Crippen molar-refractivity contribution in [3.63, 3.8) is 0 Å². The summed E-state index contributed by atoms with van der Waals surface area (Å²) in [4.78, 5) is 24.3. The molecule has 1 aromatic rings. The Balaban J connectivity index is 2.01. The summed E-state index contributed by atoms with van der Waals surface area (Å²) < 4.78 is 4.61. The number of ether oxygens (including phenoxy) is 1. The molecule has 6 nitrogen and oxygen atoms in total. The standard InChI is InChI=1S/C12H15ClN2O4S2/c13-12(16)19-7-3-1-2-4-8-20-21-11-6-5-10(9-14-11)15(17)18/h5-6,9H,1-4,7-8H2. The minimum Gasteiger partial charge on any atom is -0.454 e. The van der Waals surface area contributed by atoms with Crippen LogP contribution in [-0.2, 0) is 4.74 Å². The number of aromatic nitrogens is 1. The van der Waals surface area contributed by atoms with Crippen LogP contribution >= 0.6 is 33.2 Å². The first-order chi connectivity index (χ1) is 10.1. The van der Waals surface area contributed by atoms with E-state index in [1.165, 1.54) is 23.1 Å². The van der Waals surface area contributed by atoms with Gasteiger partial charge in [0, 0.05) is 23.4 Å². The van der Waals surface area contributed by atoms with Gasteiger partial charge in [-0.3, -0.25) is 10.1 Å². The average molecular weight is 351 g/mol. The minimum absolute atomic E-state index is 0.00185. The van der Waals surface area contributed by atoms with E-state index in [9.17, 15) is 14.9 Å². The molecule has 0 aromatic carbocycles. The Morgan fingerprint density at radius 3 is 2.71 bits per heavy atom. The third-order valence-electron chi connectivity index (χ3n) is 2.41. The van der Waals surface area contributed by atoms with Gasteiger partial charge in [-0.1, -0.05) is 23.6 Å². The van der Waals surface area contributed by atoms with Crippen molar-refractivity contribution in [2.45, 2.75) is 30.7 Å². The van der Waals surface area contributed by atoms with Crippen LogP contribution in [0.3, 0.4) is 0 Å². The molecule has 0 amide bonds. The Morgan fingerprint density at radius 1 is 1.33 bits per heavy atom. The molecule has 0 radical (unpaired) electrons. The molecule has 0 saturated heterocycles. The van der Waals surface area contributed by atoms with Gasteiger partial charge in [-0.2, -0.15) is 0 Å². The van der Waals surface area contributed by atoms with Gasteiger partial charge in [0.05, 0.1) is 11.5 Å². The predicted molar refractivity (Wildman–Crippen MR) is 84.9 cm³/mol. The fourth-order valence-electron chi connectivity index (χ4n) is 1.40. The molecular weight excluding hydrogens is 336 g/mol. The summed E-state index contributed by atoms with van der Waals surface area (Å²) in [5.41, 5.74) is -0.750. The molecule has 1 heterocycles. The summed E-state index contributed by atoms with van der Waals surface area (Å²) in [6, 6.07) is 3.10. The third-order valence-corrected chi connectivity index (χ3v) is 4.87. The smallest absolute Gasteiger partial charge is 0.403 e. The zero-order valence-corrected chi connectivity index (χ0v) is 13.6. The lowest BCUT2D eigenvalue weighted by Gasteiger charge is -2.02. The van der Waals surface area contributed by atoms with Crippen molar-refractivity contribution in [3.8, 4) is 0 Å². The number of hydrogen-bond donors (Lipinski definition) is 0. The van der Waals surface area contributed by atoms with E-state index in [1.54, 1.807) is 16.9 Å². The van der Waals surface area contributed by atoms with Crippen molar-refractivity contribution in [2.24, 2.45) is 0 Å². The second kappa shape index (κ2) is 10.7. The summed E-state index contributed by atoms with van der Waals surface area (Å²) in [6.07, 6.45) is 5.19. The normalized spacial score (nSPS) is 10.3. The van der Waals surface area contributed by atoms with Gasteiger partial charge in [0.15, 0.2) is 0 Å². The lowest BCUT2D eigenvalue weighted by Crippen LogP contribution is -1.96. The fraction of sp³-hybridized carbons (Fsp3) is 0.500. The molecule has 0 spiro atoms. The van der Waals surface area contributed by atoms with Crippen molar-refractivity contribution in [1.82, 2.24) is 4.98 Å². The maximum atomic E-state index is 10.5. The average Bonchev–Trinajstić information content (AvgIpc) is 2.45. The van der Waals surface area contributed by atoms with Crippen LogP contribution in [0.1, 0.15) is 25.7 Å². The molecule has 9 heteroatoms. The molecule has 0 fully saturated rings. The highest BCUT2D eigenvalue weighted by Gasteiger charge is 2.05. The largest absolute Gasteiger partial charge is 0.454 e. The fourth-order valence-corrected chi connectivity index (χ4v) is 3.48. The quantitative estimate of drug-likeness (QED) is 0.199. The molecule has 1 aromatic heterocycles. The number of rotatable bonds is 10. The molecule has 0 atom stereocenters. The number of halogens is 1. The van der Waals surface area contributed by atoms with Gasteiger partial charge in [-0.25, -0.2) is 9.78 Å². The van der Waals surface area contributed by atoms with Crippen molar-refractivity contribution in [2.75, 3.05) is 12.4 Å². The molecule has 0 unspecified atom stereocenters. The summed E-state index contributed by atoms with van der Waals surface area (Å²) in [7, 11) is 3.18. The third kappa shape index (κ3) is 8.79. The van der Waals surface area contributed by atoms with Crippen LogP contribution in [0, 0.1) is 10.1 Å². The van der Waals surface area contributed by atoms with Gasteiger partial charge >= 0.3 is 5.43 Å². The van der Waals surface area contributed by atoms with Gasteiger partial charge in [0.1, 0.15) is 11.2 Å². The summed E-state index contributed by atoms with van der Waals surface area (Å²) in [5, 5.41) is 11.2. The molecule has 0 aliphatic carbocycles. The number of unbranched alkanes of at least 4 members (excludes halogenated alkanes) is 3. The minimum atomic E-state index is -0.752. The number of hydrogen-bond acceptors (Lipinski definition) is 7. The first-order valence-electron chi connectivity index (χ1n) is 6.32. The van der Waals surface area contributed by atoms with Gasteiger partial charge in [0.2, 0.25) is 0 Å². The van der Waals surface area contributed by atoms with Crippen molar-refractivity contribution < 1.29 is 14.5 Å². The van der Waals surface area contributed by atoms with Crippen LogP contribution in [0.15, 0.2) is 23.4 Å². The van der Waals surface area contributed by atoms with Crippen LogP contribution in [-0.4, -0.2) is 27.7 Å². The van der Waals surface area contributed by atoms with E-state index in [-0.39, 0.29) is 5.69 Å². The maximum absolute atomic E-state index is 10.5. The monoisotopic (exact) mass is 350 g/mol. The summed E-state index contributed by atoms with van der Waals surface area (Å²) in [5.74, 6) is 0.971. The Bertz CT molecular complexity index is 459. The molecular formula is C12H15ClN2O4S2. The van der Waals surface area contributed by atoms with Crippen LogP contribution in [0.25, 0.3) is 0 Å². The van der Waals surface area contributed by atoms with Gasteiger partial charge in [-0.15, -0.1) is 0 Å². The first-order valence-corrected chi connectivity index (χ1v) is 9.01. The number of carbonyl (C=O) groups is 1. The topological polar surface area (TPSA) is 82.3 Å². The van der Waals surface area contributed by atoms with Crippen molar-refractivity contribution in [1.29, 1.82) is 0 Å². The lowest BCUT2D eigenvalue weighted by molar-refractivity contribution is -0.385. The Kier molecular flexibility index (Phi) is 9.20. The van der Waals surface area contributed by atoms with E-state index in [1.807, 2.05) is 0 Å². The van der Waals surface area contributed by atoms with Gasteiger partial charge in [0.25, 0.3) is 5.69 Å². The first kappa shape index (κ1) is 18.1. The summed E-state index contributed by atoms with van der Waals surface area (Å²) >= 11 is 5.03. The second-order valence-corrected chi connectivity index (χ2v) is 6.76. The summed E-state index contributed by atoms with van der Waals surface area (Å²) in [6.45, 7) is 0.372. The van der Waals surface area contributed by atoms with Crippen LogP contribution in [0.4, 0.5) is 10.5 Å². The zero-order valence-electron chi connectivity index (χ0n) is 11.2. The van der Waals surface area contributed by atoms with E-state index in [0.717, 1.165) is 36.5 Å². The van der Waals surface area contributed by atoms with E-state index in [4.69, 9.17) is 11.6 Å². The van der Waals surface area contributed by atoms with Crippen LogP contribution in [0.2, 0.25) is 0 Å². The molecule has 0 N–H and O–H groups in total. The van der Waals surface area contributed by atoms with E-state index < -0.39 is 10.4 Å². The van der Waals surface area contributed by atoms with E-state index in [2.05, 4.69) is 9.72 Å². The molecule has 0 saturated carbocycles. The highest BCUT2D eigenvalue weighted by Crippen LogP contribution is 2.30. The molecule has 1 rings (SSSR count). The molecule has 116 valence electrons. The highest BCUT2D eigenvalue weighted by atomic mass is 35.5. The number of nitro groups is 1. The number of pyridine rings is 1. The van der Waals surface area contributed by atoms with E-state index >= 15 is 0 Å². The van der Waals surface area contributed by atoms with Crippen LogP contribution in [0.5, 0.6) is 0 Å². The van der Waals surface area contributed by atoms with Crippen molar-refractivity contribution >= 4 is 44.3 Å². The molecule has 21 heavy (non-hydrogen) atoms. The maximum Gasteiger partial charge on any atom is 0.403 e. The van der Waals surface area contributed by atoms with E-state index in [0.29, 0.717) is 6.61 Å². The molecule has 0 bridgehead atoms. The van der Waals surface area contributed by atoms with Gasteiger partial charge in [-0.05, 0) is 29.7 Å². The Hall–Kier alpha value is -0.990. The Morgan fingerprint density at radius 2 is 2.10 bits per heavy atom. The highest BCUT2D eigenvalue weighted by molar-refractivity contribution is 8.76. The predicted octanol–water partition coefficient (Wildman–Crippen LogP) is 4.67.